The fourth-order valence-electron chi connectivity index (χ4n) is 8.63. The molecule has 2 amide bonds. The van der Waals surface area contributed by atoms with Crippen LogP contribution in [-0.2, 0) is 27.9 Å². The zero-order valence-electron chi connectivity index (χ0n) is 30.3. The van der Waals surface area contributed by atoms with E-state index in [9.17, 15) is 22.8 Å². The van der Waals surface area contributed by atoms with Crippen LogP contribution in [0.1, 0.15) is 75.6 Å². The summed E-state index contributed by atoms with van der Waals surface area (Å²) in [5, 5.41) is 0.850. The first kappa shape index (κ1) is 36.3. The summed E-state index contributed by atoms with van der Waals surface area (Å²) in [5.41, 5.74) is 3.27. The van der Waals surface area contributed by atoms with Crippen molar-refractivity contribution in [3.05, 3.63) is 67.8 Å². The Morgan fingerprint density at radius 2 is 1.73 bits per heavy atom. The molecule has 0 unspecified atom stereocenters. The first-order valence-corrected chi connectivity index (χ1v) is 19.4. The van der Waals surface area contributed by atoms with Gasteiger partial charge in [-0.3, -0.25) is 14.5 Å². The van der Waals surface area contributed by atoms with Crippen molar-refractivity contribution in [1.29, 1.82) is 0 Å². The maximum absolute atomic E-state index is 16.1. The number of ether oxygens (including phenoxy) is 2. The molecule has 1 aromatic heterocycles. The molecule has 1 atom stereocenters. The smallest absolute Gasteiger partial charge is 0.341 e. The summed E-state index contributed by atoms with van der Waals surface area (Å²) < 4.78 is 62.8. The number of carbonyl (C=O) groups is 2. The van der Waals surface area contributed by atoms with Crippen molar-refractivity contribution in [3.63, 3.8) is 0 Å². The van der Waals surface area contributed by atoms with Gasteiger partial charge in [-0.25, -0.2) is 13.9 Å². The summed E-state index contributed by atoms with van der Waals surface area (Å²) in [7, 11) is -0.377. The molecular formula is C37H46FN5O8S. The largest absolute Gasteiger partial charge is 0.490 e. The highest BCUT2D eigenvalue weighted by Crippen LogP contribution is 2.40. The van der Waals surface area contributed by atoms with Gasteiger partial charge in [0.1, 0.15) is 5.58 Å². The lowest BCUT2D eigenvalue weighted by molar-refractivity contribution is 0.0726. The lowest BCUT2D eigenvalue weighted by Crippen LogP contribution is -2.53. The van der Waals surface area contributed by atoms with Gasteiger partial charge in [0.05, 0.1) is 42.5 Å². The van der Waals surface area contributed by atoms with Crippen LogP contribution in [0.5, 0.6) is 5.75 Å². The number of benzene rings is 2. The lowest BCUT2D eigenvalue weighted by atomic mass is 9.92. The summed E-state index contributed by atoms with van der Waals surface area (Å²) in [4.78, 5) is 46.6. The number of halogens is 1. The molecule has 3 fully saturated rings. The molecule has 0 aliphatic carbocycles. The molecule has 1 N–H and O–H groups in total. The predicted molar refractivity (Wildman–Crippen MR) is 193 cm³/mol. The van der Waals surface area contributed by atoms with Gasteiger partial charge < -0.3 is 23.7 Å². The summed E-state index contributed by atoms with van der Waals surface area (Å²) in [5.74, 6) is -3.32. The van der Waals surface area contributed by atoms with E-state index in [4.69, 9.17) is 13.9 Å². The number of nitrogens with one attached hydrogen (secondary N) is 1. The van der Waals surface area contributed by atoms with Gasteiger partial charge in [-0.1, -0.05) is 0 Å². The molecule has 52 heavy (non-hydrogen) atoms. The maximum atomic E-state index is 16.1. The standard InChI is InChI=1S/C37H46FN5O8S/c1-6-50-34-28(35(44)39-52(47,48)43-23-7-8-24(43)10-9-23)12-11-27(32(34)38)36(45)42-14-13-26-29(19-42)37(46)51-33-22(3)30(17-21(2)31(26)33)41-16-15-40(4)25(18-41)20-49-5/h11-12,17,23-25H,6-10,13-16,18-20H2,1-5H3,(H,39,44)/t23?,24?,25-/m1/s1. The van der Waals surface area contributed by atoms with Crippen molar-refractivity contribution in [1.82, 2.24) is 18.8 Å². The summed E-state index contributed by atoms with van der Waals surface area (Å²) in [6.45, 7) is 8.70. The van der Waals surface area contributed by atoms with Crippen LogP contribution in [-0.4, -0.2) is 106 Å². The number of amides is 2. The van der Waals surface area contributed by atoms with Crippen LogP contribution in [0.4, 0.5) is 10.1 Å². The second kappa shape index (κ2) is 14.1. The van der Waals surface area contributed by atoms with Crippen molar-refractivity contribution >= 4 is 38.7 Å². The van der Waals surface area contributed by atoms with Gasteiger partial charge in [-0.05, 0) is 89.2 Å². The van der Waals surface area contributed by atoms with Crippen molar-refractivity contribution in [2.75, 3.05) is 58.5 Å². The fraction of sp³-hybridized carbons (Fsp3) is 0.541. The molecule has 15 heteroatoms. The van der Waals surface area contributed by atoms with Gasteiger partial charge in [0.25, 0.3) is 11.8 Å². The predicted octanol–water partition coefficient (Wildman–Crippen LogP) is 3.51. The molecule has 2 bridgehead atoms. The van der Waals surface area contributed by atoms with Crippen LogP contribution in [0.25, 0.3) is 11.0 Å². The molecule has 280 valence electrons. The van der Waals surface area contributed by atoms with E-state index in [1.165, 1.54) is 15.3 Å². The monoisotopic (exact) mass is 739 g/mol. The minimum Gasteiger partial charge on any atom is -0.490 e. The number of fused-ring (bicyclic) bond motifs is 5. The Kier molecular flexibility index (Phi) is 9.82. The molecule has 5 heterocycles. The highest BCUT2D eigenvalue weighted by Gasteiger charge is 2.47. The molecule has 7 rings (SSSR count). The molecule has 3 saturated heterocycles. The molecule has 3 aromatic rings. The third-order valence-corrected chi connectivity index (χ3v) is 12.9. The molecular weight excluding hydrogens is 693 g/mol. The minimum atomic E-state index is -4.17. The van der Waals surface area contributed by atoms with E-state index < -0.39 is 39.2 Å². The Bertz CT molecular complexity index is 2090. The molecule has 4 aliphatic rings. The number of piperazine rings is 1. The zero-order chi connectivity index (χ0) is 37.1. The third-order valence-electron chi connectivity index (χ3n) is 11.3. The topological polar surface area (TPSA) is 142 Å². The number of aryl methyl sites for hydroxylation is 2. The Hall–Kier alpha value is -4.05. The van der Waals surface area contributed by atoms with E-state index in [1.54, 1.807) is 14.0 Å². The van der Waals surface area contributed by atoms with Crippen LogP contribution in [0.3, 0.4) is 0 Å². The third kappa shape index (κ3) is 6.24. The number of hydrogen-bond donors (Lipinski definition) is 1. The van der Waals surface area contributed by atoms with E-state index in [0.29, 0.717) is 24.2 Å². The van der Waals surface area contributed by atoms with Gasteiger partial charge in [0.2, 0.25) is 0 Å². The van der Waals surface area contributed by atoms with Gasteiger partial charge in [-0.15, -0.1) is 0 Å². The Balaban J connectivity index is 1.14. The second-order valence-electron chi connectivity index (χ2n) is 14.4. The highest BCUT2D eigenvalue weighted by atomic mass is 32.2. The summed E-state index contributed by atoms with van der Waals surface area (Å²) in [6.07, 6.45) is 3.30. The first-order valence-electron chi connectivity index (χ1n) is 18.0. The van der Waals surface area contributed by atoms with Crippen LogP contribution in [0.15, 0.2) is 27.4 Å². The molecule has 0 spiro atoms. The van der Waals surface area contributed by atoms with E-state index in [-0.39, 0.29) is 48.9 Å². The quantitative estimate of drug-likeness (QED) is 0.324. The van der Waals surface area contributed by atoms with E-state index >= 15 is 4.39 Å². The molecule has 0 saturated carbocycles. The van der Waals surface area contributed by atoms with E-state index in [1.807, 2.05) is 13.8 Å². The number of methoxy groups -OCH3 is 1. The van der Waals surface area contributed by atoms with Gasteiger partial charge in [0, 0.05) is 62.0 Å². The van der Waals surface area contributed by atoms with E-state index in [0.717, 1.165) is 79.1 Å². The number of carbonyl (C=O) groups excluding carboxylic acids is 2. The number of rotatable bonds is 9. The van der Waals surface area contributed by atoms with Crippen molar-refractivity contribution in [3.8, 4) is 5.75 Å². The maximum Gasteiger partial charge on any atom is 0.341 e. The fourth-order valence-corrected chi connectivity index (χ4v) is 10.3. The number of hydrogen-bond acceptors (Lipinski definition) is 10. The number of anilines is 1. The van der Waals surface area contributed by atoms with Crippen LogP contribution >= 0.6 is 0 Å². The molecule has 2 aromatic carbocycles. The van der Waals surface area contributed by atoms with Gasteiger partial charge in [0.15, 0.2) is 11.6 Å². The first-order chi connectivity index (χ1) is 24.8. The number of nitrogens with zero attached hydrogens (tertiary/aromatic N) is 4. The average molecular weight is 740 g/mol. The van der Waals surface area contributed by atoms with Crippen LogP contribution < -0.4 is 20.0 Å². The second-order valence-corrected chi connectivity index (χ2v) is 15.9. The van der Waals surface area contributed by atoms with Crippen molar-refractivity contribution in [2.24, 2.45) is 0 Å². The van der Waals surface area contributed by atoms with Crippen molar-refractivity contribution < 1.29 is 36.3 Å². The zero-order valence-corrected chi connectivity index (χ0v) is 31.1. The molecule has 0 radical (unpaired) electrons. The Morgan fingerprint density at radius 1 is 1.04 bits per heavy atom. The molecule has 4 aliphatic heterocycles. The average Bonchev–Trinajstić information content (AvgIpc) is 3.74. The van der Waals surface area contributed by atoms with Gasteiger partial charge >= 0.3 is 15.8 Å². The van der Waals surface area contributed by atoms with Crippen molar-refractivity contribution in [2.45, 2.75) is 77.5 Å². The summed E-state index contributed by atoms with van der Waals surface area (Å²) >= 11 is 0. The highest BCUT2D eigenvalue weighted by molar-refractivity contribution is 7.87. The SMILES string of the molecule is CCOc1c(C(=O)NS(=O)(=O)N2C3CCC2CC3)ccc(C(=O)N2CCc3c(c(=O)oc4c(C)c(N5CCN(C)[C@@H](COC)C5)cc(C)c34)C2)c1F. The molecule has 13 nitrogen and oxygen atoms in total. The van der Waals surface area contributed by atoms with Crippen LogP contribution in [0, 0.1) is 19.7 Å². The Morgan fingerprint density at radius 3 is 2.40 bits per heavy atom. The summed E-state index contributed by atoms with van der Waals surface area (Å²) in [6, 6.07) is 4.40. The van der Waals surface area contributed by atoms with Gasteiger partial charge in [-0.2, -0.15) is 12.7 Å². The Labute approximate surface area is 302 Å². The normalized spacial score (nSPS) is 22.2. The van der Waals surface area contributed by atoms with Crippen LogP contribution in [0.2, 0.25) is 0 Å². The van der Waals surface area contributed by atoms with E-state index in [2.05, 4.69) is 27.6 Å². The minimum absolute atomic E-state index is 0.0356. The lowest BCUT2D eigenvalue weighted by Gasteiger charge is -2.41. The number of likely N-dealkylation sites (N-methyl/N-ethyl adjacent to an activating group) is 1.